The molecular weight excluding hydrogens is 240 g/mol. The highest BCUT2D eigenvalue weighted by Crippen LogP contribution is 2.40. The van der Waals surface area contributed by atoms with Crippen molar-refractivity contribution in [3.05, 3.63) is 0 Å². The summed E-state index contributed by atoms with van der Waals surface area (Å²) in [7, 11) is 2.29. The van der Waals surface area contributed by atoms with Gasteiger partial charge in [0, 0.05) is 31.0 Å². The third-order valence-electron chi connectivity index (χ3n) is 4.94. The van der Waals surface area contributed by atoms with Crippen molar-refractivity contribution in [3.8, 4) is 0 Å². The maximum absolute atomic E-state index is 5.94. The number of likely N-dealkylation sites (N-methyl/N-ethyl adjacent to an activating group) is 1. The summed E-state index contributed by atoms with van der Waals surface area (Å²) in [6, 6.07) is 1.96. The van der Waals surface area contributed by atoms with Crippen molar-refractivity contribution in [1.82, 2.24) is 10.2 Å². The van der Waals surface area contributed by atoms with E-state index in [4.69, 9.17) is 9.47 Å². The Morgan fingerprint density at radius 3 is 2.58 bits per heavy atom. The Labute approximate surface area is 116 Å². The zero-order valence-corrected chi connectivity index (χ0v) is 12.4. The van der Waals surface area contributed by atoms with Crippen LogP contribution in [0.5, 0.6) is 0 Å². The third kappa shape index (κ3) is 2.97. The fourth-order valence-corrected chi connectivity index (χ4v) is 3.64. The first-order valence-electron chi connectivity index (χ1n) is 7.97. The van der Waals surface area contributed by atoms with Crippen LogP contribution in [0.1, 0.15) is 45.4 Å². The lowest BCUT2D eigenvalue weighted by Crippen LogP contribution is -2.57. The summed E-state index contributed by atoms with van der Waals surface area (Å²) in [5.41, 5.74) is 0. The van der Waals surface area contributed by atoms with Crippen molar-refractivity contribution in [2.75, 3.05) is 26.8 Å². The van der Waals surface area contributed by atoms with Crippen LogP contribution in [0.15, 0.2) is 0 Å². The van der Waals surface area contributed by atoms with E-state index in [-0.39, 0.29) is 5.79 Å². The summed E-state index contributed by atoms with van der Waals surface area (Å²) in [6.45, 7) is 4.90. The van der Waals surface area contributed by atoms with Gasteiger partial charge in [-0.2, -0.15) is 0 Å². The van der Waals surface area contributed by atoms with E-state index in [9.17, 15) is 0 Å². The molecule has 1 saturated heterocycles. The van der Waals surface area contributed by atoms with Crippen LogP contribution in [0.2, 0.25) is 0 Å². The average molecular weight is 268 g/mol. The van der Waals surface area contributed by atoms with Crippen LogP contribution in [-0.4, -0.2) is 55.6 Å². The Hall–Kier alpha value is -0.160. The van der Waals surface area contributed by atoms with Crippen molar-refractivity contribution < 1.29 is 9.47 Å². The molecule has 0 bridgehead atoms. The normalized spacial score (nSPS) is 34.3. The third-order valence-corrected chi connectivity index (χ3v) is 4.94. The van der Waals surface area contributed by atoms with Crippen LogP contribution >= 0.6 is 0 Å². The van der Waals surface area contributed by atoms with Gasteiger partial charge in [-0.15, -0.1) is 0 Å². The molecule has 1 N–H and O–H groups in total. The van der Waals surface area contributed by atoms with Gasteiger partial charge in [-0.3, -0.25) is 4.90 Å². The highest BCUT2D eigenvalue weighted by Gasteiger charge is 2.48. The Bertz CT molecular complexity index is 301. The Morgan fingerprint density at radius 2 is 1.95 bits per heavy atom. The smallest absolute Gasteiger partial charge is 0.170 e. The Kier molecular flexibility index (Phi) is 4.13. The zero-order chi connectivity index (χ0) is 13.3. The van der Waals surface area contributed by atoms with E-state index in [1.807, 2.05) is 0 Å². The summed E-state index contributed by atoms with van der Waals surface area (Å²) in [5, 5.41) is 3.74. The van der Waals surface area contributed by atoms with Crippen molar-refractivity contribution in [1.29, 1.82) is 0 Å². The molecule has 0 aromatic carbocycles. The first-order valence-corrected chi connectivity index (χ1v) is 7.97. The van der Waals surface area contributed by atoms with E-state index < -0.39 is 0 Å². The van der Waals surface area contributed by atoms with Gasteiger partial charge in [-0.05, 0) is 39.3 Å². The number of nitrogens with one attached hydrogen (secondary N) is 1. The molecule has 110 valence electrons. The second-order valence-corrected chi connectivity index (χ2v) is 6.38. The molecule has 4 heteroatoms. The van der Waals surface area contributed by atoms with Crippen LogP contribution < -0.4 is 5.32 Å². The molecule has 2 aliphatic carbocycles. The lowest BCUT2D eigenvalue weighted by atomic mass is 9.84. The number of ether oxygens (including phenoxy) is 2. The molecule has 1 spiro atoms. The fraction of sp³-hybridized carbons (Fsp3) is 1.00. The minimum atomic E-state index is -0.266. The predicted octanol–water partition coefficient (Wildman–Crippen LogP) is 1.74. The van der Waals surface area contributed by atoms with Gasteiger partial charge in [0.1, 0.15) is 0 Å². The first kappa shape index (κ1) is 13.8. The Morgan fingerprint density at radius 1 is 1.21 bits per heavy atom. The molecule has 1 heterocycles. The molecule has 1 aliphatic heterocycles. The number of rotatable bonds is 5. The number of hydrogen-bond acceptors (Lipinski definition) is 4. The molecule has 0 aromatic heterocycles. The number of hydrogen-bond donors (Lipinski definition) is 1. The average Bonchev–Trinajstić information content (AvgIpc) is 3.19. The maximum atomic E-state index is 5.94. The second kappa shape index (κ2) is 5.68. The molecule has 3 aliphatic rings. The molecule has 0 aromatic rings. The van der Waals surface area contributed by atoms with E-state index in [2.05, 4.69) is 24.2 Å². The van der Waals surface area contributed by atoms with Crippen LogP contribution in [0.25, 0.3) is 0 Å². The van der Waals surface area contributed by atoms with Gasteiger partial charge in [-0.25, -0.2) is 0 Å². The topological polar surface area (TPSA) is 33.7 Å². The fourth-order valence-electron chi connectivity index (χ4n) is 3.64. The summed E-state index contributed by atoms with van der Waals surface area (Å²) >= 11 is 0. The zero-order valence-electron chi connectivity index (χ0n) is 12.4. The quantitative estimate of drug-likeness (QED) is 0.823. The minimum absolute atomic E-state index is 0.266. The molecule has 0 amide bonds. The van der Waals surface area contributed by atoms with Gasteiger partial charge >= 0.3 is 0 Å². The lowest BCUT2D eigenvalue weighted by Gasteiger charge is -2.45. The molecule has 2 saturated carbocycles. The monoisotopic (exact) mass is 268 g/mol. The molecule has 19 heavy (non-hydrogen) atoms. The Balaban J connectivity index is 1.67. The summed E-state index contributed by atoms with van der Waals surface area (Å²) in [4.78, 5) is 2.58. The highest BCUT2D eigenvalue weighted by molar-refractivity contribution is 4.99. The van der Waals surface area contributed by atoms with E-state index in [0.717, 1.165) is 38.6 Å². The molecular formula is C15H28N2O2. The van der Waals surface area contributed by atoms with Crippen LogP contribution in [0.4, 0.5) is 0 Å². The summed E-state index contributed by atoms with van der Waals surface area (Å²) in [5.74, 6) is -0.266. The lowest BCUT2D eigenvalue weighted by molar-refractivity contribution is -0.192. The van der Waals surface area contributed by atoms with E-state index in [1.54, 1.807) is 0 Å². The van der Waals surface area contributed by atoms with Gasteiger partial charge in [0.15, 0.2) is 5.79 Å². The molecule has 3 fully saturated rings. The van der Waals surface area contributed by atoms with Crippen molar-refractivity contribution in [3.63, 3.8) is 0 Å². The predicted molar refractivity (Wildman–Crippen MR) is 75.1 cm³/mol. The van der Waals surface area contributed by atoms with Crippen molar-refractivity contribution in [2.45, 2.75) is 69.4 Å². The van der Waals surface area contributed by atoms with Gasteiger partial charge in [0.2, 0.25) is 0 Å². The summed E-state index contributed by atoms with van der Waals surface area (Å²) < 4.78 is 11.9. The molecule has 0 radical (unpaired) electrons. The summed E-state index contributed by atoms with van der Waals surface area (Å²) in [6.07, 6.45) is 7.17. The minimum Gasteiger partial charge on any atom is -0.347 e. The van der Waals surface area contributed by atoms with E-state index in [0.29, 0.717) is 12.1 Å². The maximum Gasteiger partial charge on any atom is 0.170 e. The molecule has 4 nitrogen and oxygen atoms in total. The molecule has 2 atom stereocenters. The van der Waals surface area contributed by atoms with E-state index in [1.165, 1.54) is 25.7 Å². The second-order valence-electron chi connectivity index (χ2n) is 6.38. The SMILES string of the molecule is CCCNC1CCC2(CC1N(C)C1CC1)OCCO2. The number of nitrogens with zero attached hydrogens (tertiary/aromatic N) is 1. The van der Waals surface area contributed by atoms with Crippen molar-refractivity contribution in [2.24, 2.45) is 0 Å². The van der Waals surface area contributed by atoms with Gasteiger partial charge in [0.05, 0.1) is 13.2 Å². The standard InChI is InChI=1S/C15H28N2O2/c1-3-8-16-13-6-7-15(18-9-10-19-15)11-14(13)17(2)12-4-5-12/h12-14,16H,3-11H2,1-2H3. The molecule has 2 unspecified atom stereocenters. The van der Waals surface area contributed by atoms with Gasteiger partial charge in [0.25, 0.3) is 0 Å². The van der Waals surface area contributed by atoms with Gasteiger partial charge in [-0.1, -0.05) is 6.92 Å². The first-order chi connectivity index (χ1) is 9.24. The van der Waals surface area contributed by atoms with Crippen molar-refractivity contribution >= 4 is 0 Å². The van der Waals surface area contributed by atoms with Crippen LogP contribution in [-0.2, 0) is 9.47 Å². The van der Waals surface area contributed by atoms with Crippen LogP contribution in [0, 0.1) is 0 Å². The molecule has 3 rings (SSSR count). The highest BCUT2D eigenvalue weighted by atomic mass is 16.7. The van der Waals surface area contributed by atoms with E-state index >= 15 is 0 Å². The largest absolute Gasteiger partial charge is 0.347 e. The van der Waals surface area contributed by atoms with Gasteiger partial charge < -0.3 is 14.8 Å². The van der Waals surface area contributed by atoms with Crippen LogP contribution in [0.3, 0.4) is 0 Å².